The number of cyclic esters (lactones) is 1. The van der Waals surface area contributed by atoms with Crippen molar-refractivity contribution in [2.24, 2.45) is 11.8 Å². The molecule has 226 valence electrons. The van der Waals surface area contributed by atoms with Gasteiger partial charge in [0, 0.05) is 37.2 Å². The number of carbonyl (C=O) groups excluding carboxylic acids is 1. The molecule has 2 fully saturated rings. The smallest absolute Gasteiger partial charge is 0.310 e. The van der Waals surface area contributed by atoms with E-state index in [-0.39, 0.29) is 54.5 Å². The van der Waals surface area contributed by atoms with Crippen molar-refractivity contribution in [3.63, 3.8) is 0 Å². The quantitative estimate of drug-likeness (QED) is 0.374. The Labute approximate surface area is 250 Å². The lowest BCUT2D eigenvalue weighted by molar-refractivity contribution is -0.141. The molecule has 0 spiro atoms. The normalized spacial score (nSPS) is 24.2. The van der Waals surface area contributed by atoms with Crippen LogP contribution in [0.3, 0.4) is 0 Å². The van der Waals surface area contributed by atoms with Crippen molar-refractivity contribution in [3.05, 3.63) is 70.8 Å². The van der Waals surface area contributed by atoms with Crippen molar-refractivity contribution in [3.8, 4) is 28.7 Å². The van der Waals surface area contributed by atoms with E-state index in [4.69, 9.17) is 28.4 Å². The van der Waals surface area contributed by atoms with Crippen LogP contribution < -0.4 is 24.3 Å². The summed E-state index contributed by atoms with van der Waals surface area (Å²) < 4.78 is 33.7. The summed E-state index contributed by atoms with van der Waals surface area (Å²) in [4.78, 5) is 15.9. The number of methoxy groups -OCH3 is 2. The monoisotopic (exact) mass is 588 g/mol. The molecule has 0 saturated carbocycles. The van der Waals surface area contributed by atoms with E-state index in [1.807, 2.05) is 12.1 Å². The van der Waals surface area contributed by atoms with Gasteiger partial charge in [-0.3, -0.25) is 9.69 Å². The molecule has 3 heterocycles. The molecule has 0 bridgehead atoms. The molecule has 2 N–H and O–H groups in total. The van der Waals surface area contributed by atoms with Crippen LogP contribution in [0.2, 0.25) is 0 Å². The maximum absolute atomic E-state index is 13.4. The Morgan fingerprint density at radius 1 is 0.930 bits per heavy atom. The molecule has 0 amide bonds. The highest BCUT2D eigenvalue weighted by atomic mass is 16.7. The van der Waals surface area contributed by atoms with Gasteiger partial charge in [-0.25, -0.2) is 0 Å². The number of hydrogen-bond acceptors (Lipinski definition) is 10. The van der Waals surface area contributed by atoms with Crippen molar-refractivity contribution >= 4 is 11.7 Å². The van der Waals surface area contributed by atoms with Crippen LogP contribution in [0.4, 0.5) is 5.69 Å². The average Bonchev–Trinajstić information content (AvgIpc) is 3.66. The fourth-order valence-corrected chi connectivity index (χ4v) is 6.90. The van der Waals surface area contributed by atoms with Crippen LogP contribution in [-0.2, 0) is 20.7 Å². The molecule has 0 aromatic heterocycles. The first-order valence-electron chi connectivity index (χ1n) is 14.7. The van der Waals surface area contributed by atoms with Crippen LogP contribution >= 0.6 is 0 Å². The summed E-state index contributed by atoms with van der Waals surface area (Å²) in [6.45, 7) is 5.00. The molecule has 7 rings (SSSR count). The standard InChI is InChI=1S/C33H36N2O8/c1-38-27-13-20(14-28(39-2)32(27)36)29-22-15-25-26(43-18-42-25)16-23(22)31(24-17-41-33(37)30(24)29)34-21-5-3-19(4-6-21)7-8-35-9-11-40-12-10-35/h3-6,13-16,24,29-31,34,36H,7-12,17-18H2,1-2H3/t24-,29+,30-,31+/m0/s1. The number of rotatable bonds is 8. The highest BCUT2D eigenvalue weighted by molar-refractivity contribution is 5.79. The lowest BCUT2D eigenvalue weighted by Gasteiger charge is -2.40. The Morgan fingerprint density at radius 3 is 2.28 bits per heavy atom. The average molecular weight is 589 g/mol. The predicted molar refractivity (Wildman–Crippen MR) is 157 cm³/mol. The molecule has 10 nitrogen and oxygen atoms in total. The number of aromatic hydroxyl groups is 1. The van der Waals surface area contributed by atoms with E-state index in [1.54, 1.807) is 12.1 Å². The lowest BCUT2D eigenvalue weighted by Crippen LogP contribution is -2.37. The number of nitrogens with zero attached hydrogens (tertiary/aromatic N) is 1. The summed E-state index contributed by atoms with van der Waals surface area (Å²) in [7, 11) is 2.98. The van der Waals surface area contributed by atoms with Crippen LogP contribution in [0.15, 0.2) is 48.5 Å². The summed E-state index contributed by atoms with van der Waals surface area (Å²) in [6, 6.07) is 15.9. The van der Waals surface area contributed by atoms with Gasteiger partial charge in [0.1, 0.15) is 0 Å². The molecule has 3 aromatic rings. The summed E-state index contributed by atoms with van der Waals surface area (Å²) in [5.74, 6) is 0.496. The van der Waals surface area contributed by atoms with E-state index in [9.17, 15) is 9.90 Å². The van der Waals surface area contributed by atoms with Crippen molar-refractivity contribution < 1.29 is 38.3 Å². The number of anilines is 1. The number of morpholine rings is 1. The topological polar surface area (TPSA) is 108 Å². The fraction of sp³-hybridized carbons (Fsp3) is 0.424. The first-order valence-corrected chi connectivity index (χ1v) is 14.7. The minimum absolute atomic E-state index is 0.0889. The van der Waals surface area contributed by atoms with E-state index in [2.05, 4.69) is 34.5 Å². The minimum Gasteiger partial charge on any atom is -0.502 e. The fourth-order valence-electron chi connectivity index (χ4n) is 6.90. The molecular formula is C33H36N2O8. The number of nitrogens with one attached hydrogen (secondary N) is 1. The number of ether oxygens (including phenoxy) is 6. The first kappa shape index (κ1) is 27.7. The zero-order valence-corrected chi connectivity index (χ0v) is 24.3. The second-order valence-corrected chi connectivity index (χ2v) is 11.4. The van der Waals surface area contributed by atoms with E-state index >= 15 is 0 Å². The number of phenolic OH excluding ortho intramolecular Hbond substituents is 1. The molecule has 4 aliphatic rings. The van der Waals surface area contributed by atoms with Gasteiger partial charge in [-0.2, -0.15) is 0 Å². The SMILES string of the molecule is COc1cc([C@@H]2c3cc4c(cc3[C@@H](Nc3ccc(CCN5CCOCC5)cc3)[C@H]3COC(=O)[C@H]23)OCO4)cc(OC)c1O. The second-order valence-electron chi connectivity index (χ2n) is 11.4. The minimum atomic E-state index is -0.475. The Morgan fingerprint density at radius 2 is 1.60 bits per heavy atom. The van der Waals surface area contributed by atoms with Crippen LogP contribution in [0.25, 0.3) is 0 Å². The molecule has 0 radical (unpaired) electrons. The third kappa shape index (κ3) is 5.08. The van der Waals surface area contributed by atoms with E-state index in [1.165, 1.54) is 19.8 Å². The van der Waals surface area contributed by atoms with Crippen molar-refractivity contribution in [1.29, 1.82) is 0 Å². The van der Waals surface area contributed by atoms with Gasteiger partial charge in [-0.1, -0.05) is 12.1 Å². The second kappa shape index (κ2) is 11.5. The summed E-state index contributed by atoms with van der Waals surface area (Å²) in [6.07, 6.45) is 0.976. The van der Waals surface area contributed by atoms with Crippen LogP contribution in [0, 0.1) is 11.8 Å². The number of phenols is 1. The highest BCUT2D eigenvalue weighted by Gasteiger charge is 2.52. The van der Waals surface area contributed by atoms with E-state index in [0.717, 1.165) is 61.6 Å². The van der Waals surface area contributed by atoms with Gasteiger partial charge in [-0.15, -0.1) is 0 Å². The highest BCUT2D eigenvalue weighted by Crippen LogP contribution is 2.56. The van der Waals surface area contributed by atoms with E-state index < -0.39 is 5.92 Å². The molecule has 3 aromatic carbocycles. The van der Waals surface area contributed by atoms with E-state index in [0.29, 0.717) is 11.5 Å². The predicted octanol–water partition coefficient (Wildman–Crippen LogP) is 4.10. The van der Waals surface area contributed by atoms with Crippen molar-refractivity contribution in [1.82, 2.24) is 4.90 Å². The maximum Gasteiger partial charge on any atom is 0.310 e. The number of fused-ring (bicyclic) bond motifs is 3. The number of carbonyl (C=O) groups is 1. The molecule has 10 heteroatoms. The molecule has 2 saturated heterocycles. The molecule has 0 unspecified atom stereocenters. The number of esters is 1. The Kier molecular flexibility index (Phi) is 7.40. The first-order chi connectivity index (χ1) is 21.0. The van der Waals surface area contributed by atoms with Gasteiger partial charge in [0.2, 0.25) is 12.5 Å². The molecule has 43 heavy (non-hydrogen) atoms. The van der Waals surface area contributed by atoms with Gasteiger partial charge in [0.15, 0.2) is 23.0 Å². The molecule has 1 aliphatic carbocycles. The zero-order chi connectivity index (χ0) is 29.5. The zero-order valence-electron chi connectivity index (χ0n) is 24.3. The van der Waals surface area contributed by atoms with Gasteiger partial charge in [0.25, 0.3) is 0 Å². The third-order valence-corrected chi connectivity index (χ3v) is 9.14. The Balaban J connectivity index is 1.24. The molecular weight excluding hydrogens is 552 g/mol. The van der Waals surface area contributed by atoms with Crippen LogP contribution in [0.1, 0.15) is 34.2 Å². The summed E-state index contributed by atoms with van der Waals surface area (Å²) in [5.41, 5.74) is 4.96. The largest absolute Gasteiger partial charge is 0.502 e. The Bertz CT molecular complexity index is 1480. The van der Waals surface area contributed by atoms with Gasteiger partial charge < -0.3 is 38.8 Å². The lowest BCUT2D eigenvalue weighted by atomic mass is 9.65. The molecule has 3 aliphatic heterocycles. The van der Waals surface area contributed by atoms with Crippen molar-refractivity contribution in [2.75, 3.05) is 65.8 Å². The number of hydrogen-bond donors (Lipinski definition) is 2. The van der Waals surface area contributed by atoms with Crippen LogP contribution in [-0.4, -0.2) is 76.4 Å². The third-order valence-electron chi connectivity index (χ3n) is 9.14. The molecule has 4 atom stereocenters. The number of benzene rings is 3. The maximum atomic E-state index is 13.4. The van der Waals surface area contributed by atoms with Gasteiger partial charge >= 0.3 is 5.97 Å². The van der Waals surface area contributed by atoms with Crippen molar-refractivity contribution in [2.45, 2.75) is 18.4 Å². The Hall–Kier alpha value is -4.15. The van der Waals surface area contributed by atoms with Gasteiger partial charge in [0.05, 0.1) is 46.0 Å². The van der Waals surface area contributed by atoms with Gasteiger partial charge in [-0.05, 0) is 65.1 Å². The summed E-state index contributed by atoms with van der Waals surface area (Å²) in [5, 5.41) is 14.3. The van der Waals surface area contributed by atoms with Crippen LogP contribution in [0.5, 0.6) is 28.7 Å². The summed E-state index contributed by atoms with van der Waals surface area (Å²) >= 11 is 0.